The van der Waals surface area contributed by atoms with E-state index in [2.05, 4.69) is 20.2 Å². The molecule has 2 aliphatic carbocycles. The van der Waals surface area contributed by atoms with Crippen molar-refractivity contribution in [3.05, 3.63) is 58.6 Å². The van der Waals surface area contributed by atoms with Gasteiger partial charge in [0.2, 0.25) is 5.91 Å². The molecule has 11 heteroatoms. The highest BCUT2D eigenvalue weighted by atomic mass is 35.5. The third-order valence-electron chi connectivity index (χ3n) is 7.85. The molecule has 0 spiro atoms. The Kier molecular flexibility index (Phi) is 6.77. The highest BCUT2D eigenvalue weighted by molar-refractivity contribution is 6.42. The lowest BCUT2D eigenvalue weighted by molar-refractivity contribution is -0.130. The standard InChI is InChI=1S/C28H28Cl2FN5O3/c1-35(2)8-4-5-23(37)36-14-9-16-24(27(16)36)22(10-14)39-21-11-15-19(12-20(21)38-3)32-13-33-28(15)34-18-7-6-17(29)25(30)26(18)31/h4-7,11-14,16,22,24,27H,8-10H2,1-3H3,(H,32,33,34)/b5-4+/t14-,16-,22-,24?,27-/m1/s1. The lowest BCUT2D eigenvalue weighted by Gasteiger charge is -2.38. The molecule has 1 N–H and O–H groups in total. The number of aromatic nitrogens is 2. The Hall–Kier alpha value is -3.14. The Morgan fingerprint density at radius 2 is 2.05 bits per heavy atom. The molecule has 2 aliphatic heterocycles. The van der Waals surface area contributed by atoms with Crippen LogP contribution in [0.3, 0.4) is 0 Å². The maximum Gasteiger partial charge on any atom is 0.246 e. The van der Waals surface area contributed by atoms with Gasteiger partial charge in [0.15, 0.2) is 17.3 Å². The van der Waals surface area contributed by atoms with Crippen LogP contribution in [-0.2, 0) is 4.79 Å². The van der Waals surface area contributed by atoms with Gasteiger partial charge in [-0.05, 0) is 44.6 Å². The summed E-state index contributed by atoms with van der Waals surface area (Å²) in [4.78, 5) is 25.7. The van der Waals surface area contributed by atoms with Crippen LogP contribution in [0.2, 0.25) is 10.0 Å². The van der Waals surface area contributed by atoms with E-state index in [1.807, 2.05) is 31.1 Å². The number of carbonyl (C=O) groups excluding carboxylic acids is 1. The molecule has 39 heavy (non-hydrogen) atoms. The van der Waals surface area contributed by atoms with E-state index in [0.29, 0.717) is 34.1 Å². The number of nitrogens with zero attached hydrogens (tertiary/aromatic N) is 4. The molecule has 8 nitrogen and oxygen atoms in total. The van der Waals surface area contributed by atoms with Gasteiger partial charge in [0, 0.05) is 48.5 Å². The number of hydrogen-bond donors (Lipinski definition) is 1. The van der Waals surface area contributed by atoms with E-state index in [4.69, 9.17) is 32.7 Å². The zero-order chi connectivity index (χ0) is 27.4. The van der Waals surface area contributed by atoms with Crippen molar-refractivity contribution in [1.29, 1.82) is 0 Å². The first-order chi connectivity index (χ1) is 18.8. The molecule has 2 aromatic carbocycles. The molecule has 3 heterocycles. The van der Waals surface area contributed by atoms with Crippen LogP contribution in [0.5, 0.6) is 11.5 Å². The van der Waals surface area contributed by atoms with Gasteiger partial charge in [-0.2, -0.15) is 0 Å². The number of halogens is 3. The molecule has 204 valence electrons. The topological polar surface area (TPSA) is 79.8 Å². The van der Waals surface area contributed by atoms with Gasteiger partial charge >= 0.3 is 0 Å². The third-order valence-corrected chi connectivity index (χ3v) is 8.63. The predicted molar refractivity (Wildman–Crippen MR) is 149 cm³/mol. The van der Waals surface area contributed by atoms with Crippen molar-refractivity contribution >= 4 is 51.5 Å². The number of amides is 1. The summed E-state index contributed by atoms with van der Waals surface area (Å²) in [6.45, 7) is 0.730. The van der Waals surface area contributed by atoms with Crippen molar-refractivity contribution < 1.29 is 18.7 Å². The number of fused-ring (bicyclic) bond motifs is 2. The molecule has 2 saturated heterocycles. The number of methoxy groups -OCH3 is 1. The average Bonchev–Trinajstić information content (AvgIpc) is 3.53. The van der Waals surface area contributed by atoms with Crippen LogP contribution < -0.4 is 14.8 Å². The fourth-order valence-electron chi connectivity index (χ4n) is 6.10. The molecule has 3 aromatic rings. The first-order valence-corrected chi connectivity index (χ1v) is 13.6. The summed E-state index contributed by atoms with van der Waals surface area (Å²) in [7, 11) is 5.53. The van der Waals surface area contributed by atoms with Crippen molar-refractivity contribution in [2.75, 3.05) is 33.1 Å². The second-order valence-corrected chi connectivity index (χ2v) is 11.3. The van der Waals surface area contributed by atoms with Crippen molar-refractivity contribution in [2.45, 2.75) is 31.0 Å². The van der Waals surface area contributed by atoms with Crippen molar-refractivity contribution in [1.82, 2.24) is 19.8 Å². The molecule has 2 saturated carbocycles. The summed E-state index contributed by atoms with van der Waals surface area (Å²) in [6.07, 6.45) is 6.75. The fourth-order valence-corrected chi connectivity index (χ4v) is 6.41. The Balaban J connectivity index is 1.24. The molecular weight excluding hydrogens is 544 g/mol. The van der Waals surface area contributed by atoms with Gasteiger partial charge in [-0.15, -0.1) is 0 Å². The molecule has 4 fully saturated rings. The average molecular weight is 572 g/mol. The normalized spacial score (nSPS) is 25.0. The monoisotopic (exact) mass is 571 g/mol. The van der Waals surface area contributed by atoms with E-state index in [0.717, 1.165) is 19.4 Å². The van der Waals surface area contributed by atoms with Crippen molar-refractivity contribution in [3.63, 3.8) is 0 Å². The van der Waals surface area contributed by atoms with Crippen molar-refractivity contribution in [3.8, 4) is 11.5 Å². The van der Waals surface area contributed by atoms with Gasteiger partial charge in [0.25, 0.3) is 0 Å². The molecular formula is C28H28Cl2FN5O3. The van der Waals surface area contributed by atoms with Crippen LogP contribution in [0.1, 0.15) is 12.8 Å². The summed E-state index contributed by atoms with van der Waals surface area (Å²) >= 11 is 11.9. The Morgan fingerprint density at radius 1 is 1.23 bits per heavy atom. The summed E-state index contributed by atoms with van der Waals surface area (Å²) in [6, 6.07) is 7.00. The fraction of sp³-hybridized carbons (Fsp3) is 0.393. The van der Waals surface area contributed by atoms with E-state index in [1.54, 1.807) is 19.3 Å². The zero-order valence-corrected chi connectivity index (χ0v) is 23.2. The summed E-state index contributed by atoms with van der Waals surface area (Å²) < 4.78 is 26.9. The highest BCUT2D eigenvalue weighted by Crippen LogP contribution is 2.61. The first kappa shape index (κ1) is 26.1. The highest BCUT2D eigenvalue weighted by Gasteiger charge is 2.69. The van der Waals surface area contributed by atoms with Crippen LogP contribution in [-0.4, -0.2) is 71.6 Å². The molecule has 1 unspecified atom stereocenters. The van der Waals surface area contributed by atoms with Crippen LogP contribution >= 0.6 is 23.2 Å². The smallest absolute Gasteiger partial charge is 0.246 e. The van der Waals surface area contributed by atoms with Gasteiger partial charge in [-0.25, -0.2) is 14.4 Å². The van der Waals surface area contributed by atoms with Gasteiger partial charge < -0.3 is 24.6 Å². The maximum absolute atomic E-state index is 14.7. The lowest BCUT2D eigenvalue weighted by atomic mass is 9.91. The van der Waals surface area contributed by atoms with Gasteiger partial charge in [0.05, 0.1) is 28.4 Å². The molecule has 7 rings (SSSR count). The number of rotatable bonds is 8. The van der Waals surface area contributed by atoms with Crippen molar-refractivity contribution in [2.24, 2.45) is 11.8 Å². The number of piperidine rings is 2. The molecule has 0 radical (unpaired) electrons. The van der Waals surface area contributed by atoms with E-state index >= 15 is 0 Å². The van der Waals surface area contributed by atoms with E-state index in [9.17, 15) is 9.18 Å². The first-order valence-electron chi connectivity index (χ1n) is 12.8. The van der Waals surface area contributed by atoms with E-state index in [-0.39, 0.29) is 45.7 Å². The molecule has 4 bridgehead atoms. The van der Waals surface area contributed by atoms with Gasteiger partial charge in [-0.1, -0.05) is 29.3 Å². The number of anilines is 2. The number of hydrogen-bond acceptors (Lipinski definition) is 7. The Labute approximate surface area is 235 Å². The minimum atomic E-state index is -0.669. The second kappa shape index (κ2) is 10.1. The van der Waals surface area contributed by atoms with Crippen LogP contribution in [0.4, 0.5) is 15.9 Å². The molecule has 1 amide bonds. The number of likely N-dealkylation sites (N-methyl/N-ethyl adjacent to an activating group) is 1. The summed E-state index contributed by atoms with van der Waals surface area (Å²) in [5.41, 5.74) is 0.745. The molecule has 4 aliphatic rings. The zero-order valence-electron chi connectivity index (χ0n) is 21.7. The second-order valence-electron chi connectivity index (χ2n) is 10.5. The summed E-state index contributed by atoms with van der Waals surface area (Å²) in [5.74, 6) is 1.66. The third kappa shape index (κ3) is 4.66. The van der Waals surface area contributed by atoms with Crippen LogP contribution in [0.25, 0.3) is 10.9 Å². The molecule has 5 atom stereocenters. The minimum absolute atomic E-state index is 0.0338. The SMILES string of the molecule is COc1cc2ncnc(Nc3ccc(Cl)c(Cl)c3F)c2cc1O[C@@H]1C[C@H]2C[C@@H]3C1[C@@H]3N2C(=O)/C=C/CN(C)C. The van der Waals surface area contributed by atoms with E-state index in [1.165, 1.54) is 18.5 Å². The predicted octanol–water partition coefficient (Wildman–Crippen LogP) is 5.31. The number of benzene rings is 2. The number of ether oxygens (including phenoxy) is 2. The van der Waals surface area contributed by atoms with Gasteiger partial charge in [-0.3, -0.25) is 4.79 Å². The number of carbonyl (C=O) groups is 1. The maximum atomic E-state index is 14.7. The summed E-state index contributed by atoms with van der Waals surface area (Å²) in [5, 5.41) is 3.60. The quantitative estimate of drug-likeness (QED) is 0.290. The number of nitrogens with one attached hydrogen (secondary N) is 1. The van der Waals surface area contributed by atoms with Crippen LogP contribution in [0, 0.1) is 17.7 Å². The van der Waals surface area contributed by atoms with E-state index < -0.39 is 5.82 Å². The lowest BCUT2D eigenvalue weighted by Crippen LogP contribution is -2.48. The molecule has 1 aromatic heterocycles. The largest absolute Gasteiger partial charge is 0.493 e. The minimum Gasteiger partial charge on any atom is -0.493 e. The van der Waals surface area contributed by atoms with Crippen LogP contribution in [0.15, 0.2) is 42.7 Å². The van der Waals surface area contributed by atoms with Gasteiger partial charge in [0.1, 0.15) is 18.2 Å². The Morgan fingerprint density at radius 3 is 2.79 bits per heavy atom. The Bertz CT molecular complexity index is 1480.